The molecule has 0 saturated heterocycles. The lowest BCUT2D eigenvalue weighted by Crippen LogP contribution is -2.51. The number of carbonyl (C=O) groups is 2. The molecule has 0 aromatic heterocycles. The van der Waals surface area contributed by atoms with Gasteiger partial charge < -0.3 is 16.4 Å². The first-order valence-corrected chi connectivity index (χ1v) is 7.99. The predicted molar refractivity (Wildman–Crippen MR) is 86.3 cm³/mol. The van der Waals surface area contributed by atoms with Gasteiger partial charge in [-0.3, -0.25) is 9.59 Å². The van der Waals surface area contributed by atoms with Gasteiger partial charge in [0.1, 0.15) is 0 Å². The highest BCUT2D eigenvalue weighted by Crippen LogP contribution is 2.27. The van der Waals surface area contributed by atoms with Crippen LogP contribution in [0.4, 0.5) is 0 Å². The zero-order valence-electron chi connectivity index (χ0n) is 13.2. The predicted octanol–water partition coefficient (Wildman–Crippen LogP) is 1.71. The SMILES string of the molecule is CCCNC(=O)c1cccc(CNC(=O)C2(N)CCCC2)c1. The van der Waals surface area contributed by atoms with Crippen LogP contribution in [-0.2, 0) is 11.3 Å². The summed E-state index contributed by atoms with van der Waals surface area (Å²) in [6, 6.07) is 7.31. The van der Waals surface area contributed by atoms with Gasteiger partial charge in [-0.25, -0.2) is 0 Å². The van der Waals surface area contributed by atoms with Crippen molar-refractivity contribution in [2.24, 2.45) is 5.73 Å². The van der Waals surface area contributed by atoms with E-state index in [1.807, 2.05) is 25.1 Å². The first kappa shape index (κ1) is 16.5. The van der Waals surface area contributed by atoms with Crippen molar-refractivity contribution in [1.29, 1.82) is 0 Å². The quantitative estimate of drug-likeness (QED) is 0.748. The van der Waals surface area contributed by atoms with E-state index in [0.29, 0.717) is 18.7 Å². The van der Waals surface area contributed by atoms with Gasteiger partial charge in [0, 0.05) is 18.7 Å². The van der Waals surface area contributed by atoms with Crippen LogP contribution in [0.3, 0.4) is 0 Å². The van der Waals surface area contributed by atoms with E-state index in [1.54, 1.807) is 6.07 Å². The minimum Gasteiger partial charge on any atom is -0.352 e. The highest BCUT2D eigenvalue weighted by atomic mass is 16.2. The minimum absolute atomic E-state index is 0.0823. The van der Waals surface area contributed by atoms with Gasteiger partial charge in [-0.05, 0) is 37.0 Å². The van der Waals surface area contributed by atoms with Crippen LogP contribution >= 0.6 is 0 Å². The number of amides is 2. The van der Waals surface area contributed by atoms with Crippen LogP contribution < -0.4 is 16.4 Å². The molecule has 1 aliphatic carbocycles. The van der Waals surface area contributed by atoms with Crippen LogP contribution in [0.5, 0.6) is 0 Å². The van der Waals surface area contributed by atoms with E-state index in [2.05, 4.69) is 10.6 Å². The van der Waals surface area contributed by atoms with Gasteiger partial charge in [-0.1, -0.05) is 31.9 Å². The van der Waals surface area contributed by atoms with Crippen molar-refractivity contribution in [3.8, 4) is 0 Å². The summed E-state index contributed by atoms with van der Waals surface area (Å²) in [7, 11) is 0. The molecule has 0 radical (unpaired) electrons. The Labute approximate surface area is 131 Å². The summed E-state index contributed by atoms with van der Waals surface area (Å²) in [5.41, 5.74) is 6.93. The zero-order chi connectivity index (χ0) is 16.0. The molecule has 1 aromatic rings. The maximum Gasteiger partial charge on any atom is 0.251 e. The maximum atomic E-state index is 12.2. The summed E-state index contributed by atoms with van der Waals surface area (Å²) in [6.07, 6.45) is 4.42. The second-order valence-electron chi connectivity index (χ2n) is 6.00. The van der Waals surface area contributed by atoms with E-state index in [4.69, 9.17) is 5.73 Å². The number of hydrogen-bond acceptors (Lipinski definition) is 3. The maximum absolute atomic E-state index is 12.2. The summed E-state index contributed by atoms with van der Waals surface area (Å²) >= 11 is 0. The van der Waals surface area contributed by atoms with E-state index < -0.39 is 5.54 Å². The number of carbonyl (C=O) groups excluding carboxylic acids is 2. The minimum atomic E-state index is -0.712. The van der Waals surface area contributed by atoms with Crippen molar-refractivity contribution in [3.63, 3.8) is 0 Å². The lowest BCUT2D eigenvalue weighted by molar-refractivity contribution is -0.126. The van der Waals surface area contributed by atoms with Crippen molar-refractivity contribution < 1.29 is 9.59 Å². The van der Waals surface area contributed by atoms with E-state index in [0.717, 1.165) is 37.7 Å². The number of nitrogens with two attached hydrogens (primary N) is 1. The zero-order valence-corrected chi connectivity index (χ0v) is 13.2. The Hall–Kier alpha value is -1.88. The molecular weight excluding hydrogens is 278 g/mol. The molecule has 1 fully saturated rings. The molecular formula is C17H25N3O2. The number of benzene rings is 1. The van der Waals surface area contributed by atoms with Crippen LogP contribution in [0.1, 0.15) is 54.9 Å². The summed E-state index contributed by atoms with van der Waals surface area (Å²) in [5.74, 6) is -0.174. The molecule has 0 atom stereocenters. The van der Waals surface area contributed by atoms with Crippen LogP contribution in [-0.4, -0.2) is 23.9 Å². The third-order valence-corrected chi connectivity index (χ3v) is 4.13. The molecule has 2 rings (SSSR count). The fourth-order valence-corrected chi connectivity index (χ4v) is 2.75. The Morgan fingerprint density at radius 2 is 1.95 bits per heavy atom. The monoisotopic (exact) mass is 303 g/mol. The van der Waals surface area contributed by atoms with Gasteiger partial charge >= 0.3 is 0 Å². The molecule has 1 aromatic carbocycles. The lowest BCUT2D eigenvalue weighted by atomic mass is 9.98. The van der Waals surface area contributed by atoms with E-state index >= 15 is 0 Å². The molecule has 5 nitrogen and oxygen atoms in total. The van der Waals surface area contributed by atoms with Crippen LogP contribution in [0, 0.1) is 0 Å². The average Bonchev–Trinajstić information content (AvgIpc) is 2.98. The summed E-state index contributed by atoms with van der Waals surface area (Å²) in [6.45, 7) is 3.07. The Kier molecular flexibility index (Phi) is 5.55. The summed E-state index contributed by atoms with van der Waals surface area (Å²) in [4.78, 5) is 24.1. The van der Waals surface area contributed by atoms with E-state index in [9.17, 15) is 9.59 Å². The van der Waals surface area contributed by atoms with Crippen molar-refractivity contribution >= 4 is 11.8 Å². The van der Waals surface area contributed by atoms with Gasteiger partial charge in [0.05, 0.1) is 5.54 Å². The smallest absolute Gasteiger partial charge is 0.251 e. The molecule has 0 aliphatic heterocycles. The summed E-state index contributed by atoms with van der Waals surface area (Å²) in [5, 5.41) is 5.74. The van der Waals surface area contributed by atoms with Gasteiger partial charge in [0.25, 0.3) is 5.91 Å². The summed E-state index contributed by atoms with van der Waals surface area (Å²) < 4.78 is 0. The molecule has 0 unspecified atom stereocenters. The normalized spacial score (nSPS) is 16.3. The standard InChI is InChI=1S/C17H25N3O2/c1-2-10-19-15(21)14-7-5-6-13(11-14)12-20-16(22)17(18)8-3-4-9-17/h5-7,11H,2-4,8-10,12,18H2,1H3,(H,19,21)(H,20,22). The van der Waals surface area contributed by atoms with Crippen LogP contribution in [0.25, 0.3) is 0 Å². The second kappa shape index (κ2) is 7.40. The molecule has 0 spiro atoms. The van der Waals surface area contributed by atoms with E-state index in [-0.39, 0.29) is 11.8 Å². The third-order valence-electron chi connectivity index (χ3n) is 4.13. The van der Waals surface area contributed by atoms with Gasteiger partial charge in [0.2, 0.25) is 5.91 Å². The number of rotatable bonds is 6. The van der Waals surface area contributed by atoms with Crippen LogP contribution in [0.2, 0.25) is 0 Å². The fraction of sp³-hybridized carbons (Fsp3) is 0.529. The van der Waals surface area contributed by atoms with Crippen molar-refractivity contribution in [2.75, 3.05) is 6.54 Å². The Morgan fingerprint density at radius 1 is 1.23 bits per heavy atom. The third kappa shape index (κ3) is 4.07. The van der Waals surface area contributed by atoms with Crippen molar-refractivity contribution in [1.82, 2.24) is 10.6 Å². The highest BCUT2D eigenvalue weighted by Gasteiger charge is 2.36. The molecule has 2 amide bonds. The topological polar surface area (TPSA) is 84.2 Å². The highest BCUT2D eigenvalue weighted by molar-refractivity contribution is 5.94. The average molecular weight is 303 g/mol. The molecule has 0 bridgehead atoms. The first-order valence-electron chi connectivity index (χ1n) is 7.99. The number of nitrogens with one attached hydrogen (secondary N) is 2. The molecule has 22 heavy (non-hydrogen) atoms. The molecule has 4 N–H and O–H groups in total. The fourth-order valence-electron chi connectivity index (χ4n) is 2.75. The van der Waals surface area contributed by atoms with E-state index in [1.165, 1.54) is 0 Å². The first-order chi connectivity index (χ1) is 10.5. The van der Waals surface area contributed by atoms with Gasteiger partial charge in [-0.15, -0.1) is 0 Å². The molecule has 0 heterocycles. The molecule has 1 aliphatic rings. The Balaban J connectivity index is 1.93. The Morgan fingerprint density at radius 3 is 2.64 bits per heavy atom. The molecule has 120 valence electrons. The number of hydrogen-bond donors (Lipinski definition) is 3. The lowest BCUT2D eigenvalue weighted by Gasteiger charge is -2.22. The van der Waals surface area contributed by atoms with Gasteiger partial charge in [0.15, 0.2) is 0 Å². The second-order valence-corrected chi connectivity index (χ2v) is 6.00. The van der Waals surface area contributed by atoms with Gasteiger partial charge in [-0.2, -0.15) is 0 Å². The van der Waals surface area contributed by atoms with Crippen molar-refractivity contribution in [3.05, 3.63) is 35.4 Å². The molecule has 1 saturated carbocycles. The molecule has 5 heteroatoms. The largest absolute Gasteiger partial charge is 0.352 e. The van der Waals surface area contributed by atoms with Crippen LogP contribution in [0.15, 0.2) is 24.3 Å². The van der Waals surface area contributed by atoms with Crippen molar-refractivity contribution in [2.45, 2.75) is 51.1 Å². The Bertz CT molecular complexity index is 536.